The van der Waals surface area contributed by atoms with Gasteiger partial charge >= 0.3 is 0 Å². The molecule has 1 nitrogen and oxygen atoms in total. The maximum absolute atomic E-state index is 4.43. The minimum absolute atomic E-state index is 0.391. The Balaban J connectivity index is 1.84. The fraction of sp³-hybridized carbons (Fsp3) is 1.00. The highest BCUT2D eigenvalue weighted by atomic mass is 32.1. The van der Waals surface area contributed by atoms with E-state index in [1.807, 2.05) is 0 Å². The van der Waals surface area contributed by atoms with Crippen molar-refractivity contribution < 1.29 is 0 Å². The van der Waals surface area contributed by atoms with Gasteiger partial charge in [-0.05, 0) is 35.8 Å². The van der Waals surface area contributed by atoms with E-state index in [-0.39, 0.29) is 0 Å². The summed E-state index contributed by atoms with van der Waals surface area (Å²) in [7, 11) is 0. The number of thiol groups is 1. The van der Waals surface area contributed by atoms with Crippen molar-refractivity contribution in [3.8, 4) is 0 Å². The molecule has 0 aromatic carbocycles. The molecule has 0 amide bonds. The molecule has 2 rings (SSSR count). The van der Waals surface area contributed by atoms with Crippen LogP contribution in [0.4, 0.5) is 0 Å². The monoisotopic (exact) mass is 213 g/mol. The summed E-state index contributed by atoms with van der Waals surface area (Å²) in [6, 6.07) is 0. The second-order valence-electron chi connectivity index (χ2n) is 5.97. The number of rotatable bonds is 3. The van der Waals surface area contributed by atoms with Crippen molar-refractivity contribution in [2.24, 2.45) is 17.3 Å². The Labute approximate surface area is 93.7 Å². The average Bonchev–Trinajstić information content (AvgIpc) is 2.63. The van der Waals surface area contributed by atoms with Crippen LogP contribution in [-0.2, 0) is 0 Å². The molecule has 2 atom stereocenters. The first kappa shape index (κ1) is 10.8. The quantitative estimate of drug-likeness (QED) is 0.706. The summed E-state index contributed by atoms with van der Waals surface area (Å²) < 4.78 is 0. The molecule has 0 spiro atoms. The summed E-state index contributed by atoms with van der Waals surface area (Å²) in [4.78, 5) is 2.67. The maximum atomic E-state index is 4.43. The van der Waals surface area contributed by atoms with Gasteiger partial charge in [0.25, 0.3) is 0 Å². The predicted molar refractivity (Wildman–Crippen MR) is 64.9 cm³/mol. The van der Waals surface area contributed by atoms with E-state index < -0.39 is 0 Å². The molecule has 0 aromatic rings. The average molecular weight is 213 g/mol. The third kappa shape index (κ3) is 2.27. The number of hydrogen-bond acceptors (Lipinski definition) is 2. The van der Waals surface area contributed by atoms with Crippen molar-refractivity contribution >= 4 is 12.6 Å². The van der Waals surface area contributed by atoms with Gasteiger partial charge in [-0.3, -0.25) is 0 Å². The third-order valence-electron chi connectivity index (χ3n) is 3.88. The third-order valence-corrected chi connectivity index (χ3v) is 4.74. The van der Waals surface area contributed by atoms with E-state index in [0.29, 0.717) is 5.41 Å². The van der Waals surface area contributed by atoms with Crippen LogP contribution in [0.5, 0.6) is 0 Å². The van der Waals surface area contributed by atoms with Gasteiger partial charge in [-0.25, -0.2) is 0 Å². The van der Waals surface area contributed by atoms with Crippen LogP contribution in [0.3, 0.4) is 0 Å². The second-order valence-corrected chi connectivity index (χ2v) is 6.28. The topological polar surface area (TPSA) is 3.24 Å². The van der Waals surface area contributed by atoms with Crippen molar-refractivity contribution in [2.75, 3.05) is 25.4 Å². The van der Waals surface area contributed by atoms with Gasteiger partial charge in [0.1, 0.15) is 0 Å². The van der Waals surface area contributed by atoms with E-state index in [1.54, 1.807) is 0 Å². The highest BCUT2D eigenvalue weighted by Crippen LogP contribution is 2.38. The standard InChI is InChI=1S/C12H23NS/c1-12(2,9-14)8-13-6-10-4-3-5-11(10)7-13/h10-11,14H,3-9H2,1-2H3. The van der Waals surface area contributed by atoms with Crippen LogP contribution in [-0.4, -0.2) is 30.3 Å². The molecule has 2 heteroatoms. The number of nitrogens with zero attached hydrogens (tertiary/aromatic N) is 1. The zero-order chi connectivity index (χ0) is 10.2. The Morgan fingerprint density at radius 1 is 1.21 bits per heavy atom. The van der Waals surface area contributed by atoms with Crippen molar-refractivity contribution in [3.05, 3.63) is 0 Å². The number of fused-ring (bicyclic) bond motifs is 1. The minimum atomic E-state index is 0.391. The van der Waals surface area contributed by atoms with Gasteiger partial charge < -0.3 is 4.90 Å². The van der Waals surface area contributed by atoms with Crippen molar-refractivity contribution in [1.29, 1.82) is 0 Å². The summed E-state index contributed by atoms with van der Waals surface area (Å²) in [5.41, 5.74) is 0.391. The normalized spacial score (nSPS) is 33.6. The van der Waals surface area contributed by atoms with Gasteiger partial charge in [0.05, 0.1) is 0 Å². The molecule has 82 valence electrons. The number of likely N-dealkylation sites (tertiary alicyclic amines) is 1. The van der Waals surface area contributed by atoms with Gasteiger partial charge in [-0.1, -0.05) is 20.3 Å². The van der Waals surface area contributed by atoms with Crippen molar-refractivity contribution in [3.63, 3.8) is 0 Å². The lowest BCUT2D eigenvalue weighted by atomic mass is 9.96. The summed E-state index contributed by atoms with van der Waals surface area (Å²) in [5, 5.41) is 0. The molecule has 1 aliphatic carbocycles. The SMILES string of the molecule is CC(C)(CS)CN1CC2CCCC2C1. The Morgan fingerprint density at radius 2 is 1.79 bits per heavy atom. The molecule has 2 aliphatic rings. The Morgan fingerprint density at radius 3 is 2.29 bits per heavy atom. The van der Waals surface area contributed by atoms with Crippen LogP contribution in [0.1, 0.15) is 33.1 Å². The van der Waals surface area contributed by atoms with Crippen LogP contribution in [0.2, 0.25) is 0 Å². The largest absolute Gasteiger partial charge is 0.302 e. The zero-order valence-electron chi connectivity index (χ0n) is 9.50. The molecule has 0 aromatic heterocycles. The molecule has 2 fully saturated rings. The highest BCUT2D eigenvalue weighted by molar-refractivity contribution is 7.80. The highest BCUT2D eigenvalue weighted by Gasteiger charge is 2.37. The number of hydrogen-bond donors (Lipinski definition) is 1. The van der Waals surface area contributed by atoms with Crippen LogP contribution >= 0.6 is 12.6 Å². The Bertz CT molecular complexity index is 190. The molecule has 1 saturated carbocycles. The fourth-order valence-electron chi connectivity index (χ4n) is 3.12. The maximum Gasteiger partial charge on any atom is 0.00407 e. The van der Waals surface area contributed by atoms with E-state index >= 15 is 0 Å². The van der Waals surface area contributed by atoms with Crippen LogP contribution in [0.15, 0.2) is 0 Å². The fourth-order valence-corrected chi connectivity index (χ4v) is 3.22. The Hall–Kier alpha value is 0.310. The summed E-state index contributed by atoms with van der Waals surface area (Å²) in [6.45, 7) is 8.62. The lowest BCUT2D eigenvalue weighted by Crippen LogP contribution is -2.34. The molecular weight excluding hydrogens is 190 g/mol. The lowest BCUT2D eigenvalue weighted by Gasteiger charge is -2.29. The van der Waals surface area contributed by atoms with Crippen LogP contribution in [0.25, 0.3) is 0 Å². The molecular formula is C12H23NS. The molecule has 0 N–H and O–H groups in total. The lowest BCUT2D eigenvalue weighted by molar-refractivity contribution is 0.218. The first-order valence-electron chi connectivity index (χ1n) is 5.94. The minimum Gasteiger partial charge on any atom is -0.302 e. The molecule has 1 saturated heterocycles. The van der Waals surface area contributed by atoms with Gasteiger partial charge in [-0.2, -0.15) is 12.6 Å². The summed E-state index contributed by atoms with van der Waals surface area (Å²) >= 11 is 4.43. The van der Waals surface area contributed by atoms with E-state index in [0.717, 1.165) is 17.6 Å². The van der Waals surface area contributed by atoms with Crippen molar-refractivity contribution in [1.82, 2.24) is 4.90 Å². The first-order valence-corrected chi connectivity index (χ1v) is 6.57. The molecule has 1 heterocycles. The van der Waals surface area contributed by atoms with Gasteiger partial charge in [-0.15, -0.1) is 0 Å². The molecule has 0 bridgehead atoms. The molecule has 1 aliphatic heterocycles. The zero-order valence-corrected chi connectivity index (χ0v) is 10.4. The van der Waals surface area contributed by atoms with E-state index in [1.165, 1.54) is 38.9 Å². The Kier molecular flexibility index (Phi) is 3.13. The molecule has 2 unspecified atom stereocenters. The second kappa shape index (κ2) is 4.05. The molecule has 0 radical (unpaired) electrons. The smallest absolute Gasteiger partial charge is 0.00407 e. The first-order chi connectivity index (χ1) is 6.61. The summed E-state index contributed by atoms with van der Waals surface area (Å²) in [6.07, 6.45) is 4.46. The van der Waals surface area contributed by atoms with Gasteiger partial charge in [0, 0.05) is 19.6 Å². The van der Waals surface area contributed by atoms with Gasteiger partial charge in [0.2, 0.25) is 0 Å². The van der Waals surface area contributed by atoms with E-state index in [9.17, 15) is 0 Å². The van der Waals surface area contributed by atoms with Crippen LogP contribution in [0, 0.1) is 17.3 Å². The van der Waals surface area contributed by atoms with Crippen LogP contribution < -0.4 is 0 Å². The van der Waals surface area contributed by atoms with E-state index in [2.05, 4.69) is 31.4 Å². The van der Waals surface area contributed by atoms with E-state index in [4.69, 9.17) is 0 Å². The van der Waals surface area contributed by atoms with Crippen molar-refractivity contribution in [2.45, 2.75) is 33.1 Å². The van der Waals surface area contributed by atoms with Gasteiger partial charge in [0.15, 0.2) is 0 Å². The predicted octanol–water partition coefficient (Wildman–Crippen LogP) is 2.67. The summed E-state index contributed by atoms with van der Waals surface area (Å²) in [5.74, 6) is 3.06. The molecule has 14 heavy (non-hydrogen) atoms.